The molecule has 3 aromatic carbocycles. The molecular weight excluding hydrogens is 562 g/mol. The molecule has 10 heteroatoms. The van der Waals surface area contributed by atoms with Gasteiger partial charge in [0.1, 0.15) is 36.1 Å². The second-order valence-electron chi connectivity index (χ2n) is 10.9. The number of rotatable bonds is 14. The van der Waals surface area contributed by atoms with Gasteiger partial charge in [-0.1, -0.05) is 50.1 Å². The number of aliphatic hydroxyl groups excluding tert-OH is 3. The van der Waals surface area contributed by atoms with E-state index in [4.69, 9.17) is 9.47 Å². The van der Waals surface area contributed by atoms with E-state index in [1.54, 1.807) is 31.2 Å². The zero-order valence-electron chi connectivity index (χ0n) is 25.6. The first kappa shape index (κ1) is 32.8. The van der Waals surface area contributed by atoms with Gasteiger partial charge in [0.15, 0.2) is 17.5 Å². The Bertz CT molecular complexity index is 1560. The van der Waals surface area contributed by atoms with Crippen molar-refractivity contribution in [3.8, 4) is 51.4 Å². The van der Waals surface area contributed by atoms with Crippen molar-refractivity contribution in [2.75, 3.05) is 19.8 Å². The van der Waals surface area contributed by atoms with E-state index in [1.165, 1.54) is 12.1 Å². The normalized spacial score (nSPS) is 13.4. The number of phenols is 2. The number of aromatic nitrogens is 3. The molecule has 44 heavy (non-hydrogen) atoms. The molecule has 1 heterocycles. The van der Waals surface area contributed by atoms with E-state index in [1.807, 2.05) is 32.0 Å². The molecule has 234 valence electrons. The molecule has 0 saturated carbocycles. The predicted octanol–water partition coefficient (Wildman–Crippen LogP) is 5.26. The number of nitrogens with zero attached hydrogens (tertiary/aromatic N) is 3. The van der Waals surface area contributed by atoms with Gasteiger partial charge in [-0.2, -0.15) is 0 Å². The summed E-state index contributed by atoms with van der Waals surface area (Å²) in [5.41, 5.74) is 3.73. The Morgan fingerprint density at radius 3 is 1.93 bits per heavy atom. The Morgan fingerprint density at radius 2 is 1.34 bits per heavy atom. The summed E-state index contributed by atoms with van der Waals surface area (Å²) in [5.74, 6) is 0.700. The Kier molecular flexibility index (Phi) is 11.2. The fourth-order valence-electron chi connectivity index (χ4n) is 4.67. The summed E-state index contributed by atoms with van der Waals surface area (Å²) < 4.78 is 11.1. The molecule has 0 aliphatic heterocycles. The van der Waals surface area contributed by atoms with Gasteiger partial charge in [-0.25, -0.2) is 15.0 Å². The zero-order valence-corrected chi connectivity index (χ0v) is 25.6. The summed E-state index contributed by atoms with van der Waals surface area (Å²) in [5, 5.41) is 52.6. The van der Waals surface area contributed by atoms with Crippen molar-refractivity contribution in [1.82, 2.24) is 15.0 Å². The van der Waals surface area contributed by atoms with Gasteiger partial charge < -0.3 is 35.0 Å². The van der Waals surface area contributed by atoms with Crippen LogP contribution in [0.15, 0.2) is 54.6 Å². The molecule has 0 aliphatic rings. The van der Waals surface area contributed by atoms with Crippen molar-refractivity contribution >= 4 is 0 Å². The second kappa shape index (κ2) is 15.1. The van der Waals surface area contributed by atoms with Crippen LogP contribution in [0.25, 0.3) is 34.2 Å². The molecule has 0 radical (unpaired) electrons. The van der Waals surface area contributed by atoms with Gasteiger partial charge in [0.2, 0.25) is 0 Å². The van der Waals surface area contributed by atoms with Gasteiger partial charge in [0.05, 0.1) is 23.8 Å². The number of aromatic hydroxyl groups is 2. The van der Waals surface area contributed by atoms with E-state index >= 15 is 0 Å². The summed E-state index contributed by atoms with van der Waals surface area (Å²) in [6, 6.07) is 15.1. The van der Waals surface area contributed by atoms with Gasteiger partial charge in [-0.05, 0) is 62.1 Å². The highest BCUT2D eigenvalue weighted by Gasteiger charge is 2.21. The Morgan fingerprint density at radius 1 is 0.727 bits per heavy atom. The molecular formula is C34H41N3O7. The van der Waals surface area contributed by atoms with Crippen molar-refractivity contribution in [2.45, 2.75) is 65.3 Å². The highest BCUT2D eigenvalue weighted by Crippen LogP contribution is 2.36. The second-order valence-corrected chi connectivity index (χ2v) is 10.9. The highest BCUT2D eigenvalue weighted by atomic mass is 16.5. The highest BCUT2D eigenvalue weighted by molar-refractivity contribution is 5.73. The summed E-state index contributed by atoms with van der Waals surface area (Å²) in [6.07, 6.45) is -0.671. The first-order chi connectivity index (χ1) is 21.1. The van der Waals surface area contributed by atoms with Gasteiger partial charge in [0.25, 0.3) is 0 Å². The van der Waals surface area contributed by atoms with E-state index in [0.29, 0.717) is 35.7 Å². The number of aryl methyl sites for hydroxylation is 2. The lowest BCUT2D eigenvalue weighted by Gasteiger charge is -2.17. The molecule has 5 N–H and O–H groups in total. The predicted molar refractivity (Wildman–Crippen MR) is 167 cm³/mol. The van der Waals surface area contributed by atoms with Crippen LogP contribution in [0, 0.1) is 13.8 Å². The minimum Gasteiger partial charge on any atom is -0.507 e. The SMILES string of the molecule is CCCCOCC(O)COc1ccc(-c2nc(-c3ccc(C)cc3C)nc(-c3ccc(C(O)C(O)CC)cc3O)n2)c(O)c1. The maximum Gasteiger partial charge on any atom is 0.167 e. The fourth-order valence-corrected chi connectivity index (χ4v) is 4.67. The number of ether oxygens (including phenoxy) is 2. The quantitative estimate of drug-likeness (QED) is 0.120. The number of phenolic OH excluding ortho intramolecular Hbond substituents is 2. The van der Waals surface area contributed by atoms with Crippen molar-refractivity contribution in [3.05, 3.63) is 71.3 Å². The molecule has 1 aromatic heterocycles. The Labute approximate surface area is 257 Å². The van der Waals surface area contributed by atoms with Crippen molar-refractivity contribution in [2.24, 2.45) is 0 Å². The Hall–Kier alpha value is -4.09. The monoisotopic (exact) mass is 603 g/mol. The first-order valence-electron chi connectivity index (χ1n) is 14.9. The largest absolute Gasteiger partial charge is 0.507 e. The fraction of sp³-hybridized carbons (Fsp3) is 0.382. The third-order valence-electron chi connectivity index (χ3n) is 7.25. The van der Waals surface area contributed by atoms with Crippen LogP contribution in [0.2, 0.25) is 0 Å². The number of unbranched alkanes of at least 4 members (excludes halogenated alkanes) is 1. The van der Waals surface area contributed by atoms with E-state index in [2.05, 4.69) is 21.9 Å². The number of hydrogen-bond acceptors (Lipinski definition) is 10. The molecule has 4 aromatic rings. The van der Waals surface area contributed by atoms with Crippen LogP contribution in [-0.4, -0.2) is 72.5 Å². The summed E-state index contributed by atoms with van der Waals surface area (Å²) in [4.78, 5) is 13.9. The topological polar surface area (TPSA) is 158 Å². The molecule has 4 rings (SSSR count). The van der Waals surface area contributed by atoms with Gasteiger partial charge in [0, 0.05) is 18.2 Å². The standard InChI is InChI=1S/C34H41N3O7/c1-5-7-14-43-18-23(38)19-44-24-10-13-27(30(41)17-24)34-36-32(25-11-8-20(3)15-21(25)4)35-33(37-34)26-12-9-22(16-29(26)40)31(42)28(39)6-2/h8-13,15-17,23,28,31,38-42H,5-7,14,18-19H2,1-4H3. The first-order valence-corrected chi connectivity index (χ1v) is 14.9. The Balaban J connectivity index is 1.69. The summed E-state index contributed by atoms with van der Waals surface area (Å²) in [7, 11) is 0. The van der Waals surface area contributed by atoms with E-state index in [0.717, 1.165) is 29.5 Å². The van der Waals surface area contributed by atoms with Gasteiger partial charge in [-0.3, -0.25) is 0 Å². The molecule has 0 fully saturated rings. The third kappa shape index (κ3) is 8.09. The van der Waals surface area contributed by atoms with Crippen LogP contribution in [0.1, 0.15) is 55.9 Å². The van der Waals surface area contributed by atoms with Crippen LogP contribution >= 0.6 is 0 Å². The molecule has 0 spiro atoms. The lowest BCUT2D eigenvalue weighted by Crippen LogP contribution is -2.23. The minimum atomic E-state index is -1.16. The lowest BCUT2D eigenvalue weighted by atomic mass is 10.00. The third-order valence-corrected chi connectivity index (χ3v) is 7.25. The minimum absolute atomic E-state index is 0.00306. The molecule has 3 atom stereocenters. The number of benzene rings is 3. The average molecular weight is 604 g/mol. The summed E-state index contributed by atoms with van der Waals surface area (Å²) in [6.45, 7) is 8.49. The van der Waals surface area contributed by atoms with E-state index in [9.17, 15) is 25.5 Å². The van der Waals surface area contributed by atoms with Crippen LogP contribution in [0.5, 0.6) is 17.2 Å². The molecule has 0 aliphatic carbocycles. The summed E-state index contributed by atoms with van der Waals surface area (Å²) >= 11 is 0. The van der Waals surface area contributed by atoms with E-state index < -0.39 is 18.3 Å². The maximum atomic E-state index is 11.0. The smallest absolute Gasteiger partial charge is 0.167 e. The van der Waals surface area contributed by atoms with Crippen LogP contribution < -0.4 is 4.74 Å². The van der Waals surface area contributed by atoms with Crippen molar-refractivity contribution in [1.29, 1.82) is 0 Å². The maximum absolute atomic E-state index is 11.0. The molecule has 10 nitrogen and oxygen atoms in total. The van der Waals surface area contributed by atoms with Crippen molar-refractivity contribution in [3.63, 3.8) is 0 Å². The number of aliphatic hydroxyl groups is 3. The van der Waals surface area contributed by atoms with Crippen LogP contribution in [0.3, 0.4) is 0 Å². The van der Waals surface area contributed by atoms with Crippen molar-refractivity contribution < 1.29 is 35.0 Å². The van der Waals surface area contributed by atoms with Gasteiger partial charge >= 0.3 is 0 Å². The number of hydrogen-bond donors (Lipinski definition) is 5. The molecule has 0 bridgehead atoms. The van der Waals surface area contributed by atoms with Crippen LogP contribution in [-0.2, 0) is 4.74 Å². The molecule has 0 amide bonds. The molecule has 0 saturated heterocycles. The van der Waals surface area contributed by atoms with Gasteiger partial charge in [-0.15, -0.1) is 0 Å². The lowest BCUT2D eigenvalue weighted by molar-refractivity contribution is 0.0113. The van der Waals surface area contributed by atoms with Crippen LogP contribution in [0.4, 0.5) is 0 Å². The van der Waals surface area contributed by atoms with E-state index in [-0.39, 0.29) is 41.9 Å². The average Bonchev–Trinajstić information content (AvgIpc) is 3.01. The zero-order chi connectivity index (χ0) is 31.8. The molecule has 3 unspecified atom stereocenters.